The van der Waals surface area contributed by atoms with Crippen LogP contribution in [0.4, 0.5) is 82.4 Å². The molecule has 6 nitrogen and oxygen atoms in total. The Morgan fingerprint density at radius 2 is 0.684 bits per heavy atom. The number of ether oxygens (including phenoxy) is 2. The Hall–Kier alpha value is -4.00. The molecule has 0 bridgehead atoms. The van der Waals surface area contributed by atoms with Crippen molar-refractivity contribution in [2.24, 2.45) is 0 Å². The molecule has 0 aliphatic carbocycles. The zero-order valence-corrected chi connectivity index (χ0v) is 17.3. The van der Waals surface area contributed by atoms with E-state index in [0.29, 0.717) is 0 Å². The molecule has 0 atom stereocenters. The van der Waals surface area contributed by atoms with E-state index in [4.69, 9.17) is 0 Å². The van der Waals surface area contributed by atoms with Crippen molar-refractivity contribution in [3.63, 3.8) is 0 Å². The molecule has 0 aliphatic heterocycles. The summed E-state index contributed by atoms with van der Waals surface area (Å²) in [6, 6.07) is 0. The van der Waals surface area contributed by atoms with E-state index in [0.717, 1.165) is 10.6 Å². The normalized spacial score (nSPS) is 11.8. The van der Waals surface area contributed by atoms with Crippen LogP contribution in [0.2, 0.25) is 0 Å². The second kappa shape index (κ2) is 10.8. The van der Waals surface area contributed by atoms with Crippen LogP contribution in [-0.4, -0.2) is 37.2 Å². The fraction of sp³-hybridized carbons (Fsp3) is 0.222. The van der Waals surface area contributed by atoms with Gasteiger partial charge in [-0.1, -0.05) is 0 Å². The number of carbonyl (C=O) groups excluding carboxylic acids is 2. The molecule has 0 unspecified atom stereocenters. The topological polar surface area (TPSA) is 76.7 Å². The summed E-state index contributed by atoms with van der Waals surface area (Å²) in [4.78, 5) is 22.7. The van der Waals surface area contributed by atoms with Crippen molar-refractivity contribution in [2.45, 2.75) is 11.8 Å². The smallest absolute Gasteiger partial charge is 0.412 e. The van der Waals surface area contributed by atoms with E-state index < -0.39 is 107 Å². The Kier molecular flexibility index (Phi) is 8.57. The van der Waals surface area contributed by atoms with Gasteiger partial charge in [0.05, 0.1) is 0 Å². The molecule has 20 heteroatoms. The van der Waals surface area contributed by atoms with Crippen LogP contribution in [0.15, 0.2) is 0 Å². The van der Waals surface area contributed by atoms with Crippen molar-refractivity contribution in [3.05, 3.63) is 58.2 Å². The number of amides is 2. The lowest BCUT2D eigenvalue weighted by molar-refractivity contribution is -0.237. The number of nitrogens with one attached hydrogen (secondary N) is 2. The van der Waals surface area contributed by atoms with E-state index in [1.54, 1.807) is 0 Å². The van der Waals surface area contributed by atoms with Crippen molar-refractivity contribution in [1.82, 2.24) is 0 Å². The first kappa shape index (κ1) is 30.2. The van der Waals surface area contributed by atoms with Crippen molar-refractivity contribution >= 4 is 23.6 Å². The first-order valence-corrected chi connectivity index (χ1v) is 9.00. The predicted molar refractivity (Wildman–Crippen MR) is 92.3 cm³/mol. The summed E-state index contributed by atoms with van der Waals surface area (Å²) in [6.07, 6.45) is -4.85. The average Bonchev–Trinajstić information content (AvgIpc) is 2.86. The molecular formula is C18H6F14N2O4. The molecule has 0 saturated heterocycles. The van der Waals surface area contributed by atoms with Crippen LogP contribution in [0, 0.1) is 58.2 Å². The third-order valence-electron chi connectivity index (χ3n) is 4.18. The summed E-state index contributed by atoms with van der Waals surface area (Å²) in [7, 11) is 0. The van der Waals surface area contributed by atoms with E-state index in [1.807, 2.05) is 0 Å². The van der Waals surface area contributed by atoms with Crippen LogP contribution in [0.5, 0.6) is 0 Å². The number of halogens is 14. The Morgan fingerprint density at radius 3 is 0.921 bits per heavy atom. The van der Waals surface area contributed by atoms with Gasteiger partial charge in [0.15, 0.2) is 59.8 Å². The third-order valence-corrected chi connectivity index (χ3v) is 4.18. The van der Waals surface area contributed by atoms with Gasteiger partial charge in [0.25, 0.3) is 0 Å². The average molecular weight is 580 g/mol. The van der Waals surface area contributed by atoms with E-state index in [-0.39, 0.29) is 0 Å². The Labute approximate surface area is 199 Å². The van der Waals surface area contributed by atoms with E-state index in [2.05, 4.69) is 9.47 Å². The molecule has 2 aromatic rings. The molecule has 38 heavy (non-hydrogen) atoms. The van der Waals surface area contributed by atoms with Crippen molar-refractivity contribution in [1.29, 1.82) is 0 Å². The predicted octanol–water partition coefficient (Wildman–Crippen LogP) is 6.15. The zero-order valence-electron chi connectivity index (χ0n) is 17.3. The fourth-order valence-electron chi connectivity index (χ4n) is 2.23. The highest BCUT2D eigenvalue weighted by Crippen LogP contribution is 2.35. The molecule has 0 spiro atoms. The molecule has 2 N–H and O–H groups in total. The van der Waals surface area contributed by atoms with E-state index >= 15 is 0 Å². The number of hydrogen-bond donors (Lipinski definition) is 2. The summed E-state index contributed by atoms with van der Waals surface area (Å²) in [6.45, 7) is -5.35. The van der Waals surface area contributed by atoms with Gasteiger partial charge in [-0.25, -0.2) is 53.5 Å². The highest BCUT2D eigenvalue weighted by Gasteiger charge is 2.58. The summed E-state index contributed by atoms with van der Waals surface area (Å²) >= 11 is 0. The van der Waals surface area contributed by atoms with Crippen LogP contribution in [0.1, 0.15) is 0 Å². The lowest BCUT2D eigenvalue weighted by Gasteiger charge is -2.25. The van der Waals surface area contributed by atoms with Gasteiger partial charge in [-0.05, 0) is 0 Å². The molecule has 2 rings (SSSR count). The van der Waals surface area contributed by atoms with Gasteiger partial charge < -0.3 is 9.47 Å². The number of anilines is 2. The Bertz CT molecular complexity index is 1130. The molecule has 0 saturated carbocycles. The van der Waals surface area contributed by atoms with Gasteiger partial charge in [0.1, 0.15) is 11.4 Å². The van der Waals surface area contributed by atoms with Gasteiger partial charge in [-0.2, -0.15) is 17.6 Å². The minimum absolute atomic E-state index is 0.822. The van der Waals surface area contributed by atoms with Crippen LogP contribution in [-0.2, 0) is 9.47 Å². The minimum atomic E-state index is -5.51. The number of benzene rings is 2. The van der Waals surface area contributed by atoms with Crippen LogP contribution >= 0.6 is 0 Å². The van der Waals surface area contributed by atoms with Crippen LogP contribution in [0.25, 0.3) is 0 Å². The standard InChI is InChI=1S/C18H6F14N2O4/c19-3-5(21)9(25)13(10(26)6(3)22)33-15(35)37-1-17(29,30)18(31,32)2-38-16(36)34-14-11(27)7(23)4(20)8(24)12(14)28/h1-2H2,(H,33,35)(H,34,36). The second-order valence-electron chi connectivity index (χ2n) is 6.70. The Balaban J connectivity index is 2.04. The number of carbonyl (C=O) groups is 2. The van der Waals surface area contributed by atoms with Crippen LogP contribution in [0.3, 0.4) is 0 Å². The lowest BCUT2D eigenvalue weighted by atomic mass is 10.2. The largest absolute Gasteiger partial charge is 0.443 e. The third kappa shape index (κ3) is 5.77. The number of alkyl halides is 4. The summed E-state index contributed by atoms with van der Waals surface area (Å²) in [5, 5.41) is 1.64. The number of hydrogen-bond acceptors (Lipinski definition) is 4. The summed E-state index contributed by atoms with van der Waals surface area (Å²) < 4.78 is 194. The molecule has 2 amide bonds. The Morgan fingerprint density at radius 1 is 0.474 bits per heavy atom. The van der Waals surface area contributed by atoms with Gasteiger partial charge >= 0.3 is 24.0 Å². The highest BCUT2D eigenvalue weighted by atomic mass is 19.3. The highest BCUT2D eigenvalue weighted by molar-refractivity contribution is 5.85. The molecule has 2 aromatic carbocycles. The monoisotopic (exact) mass is 580 g/mol. The molecule has 0 fully saturated rings. The zero-order chi connectivity index (χ0) is 29.3. The molecule has 0 aromatic heterocycles. The van der Waals surface area contributed by atoms with Crippen molar-refractivity contribution < 1.29 is 80.5 Å². The molecule has 0 radical (unpaired) electrons. The van der Waals surface area contributed by atoms with Gasteiger partial charge in [0.2, 0.25) is 11.6 Å². The van der Waals surface area contributed by atoms with E-state index in [9.17, 15) is 71.1 Å². The maximum Gasteiger partial charge on any atom is 0.412 e. The minimum Gasteiger partial charge on any atom is -0.443 e. The lowest BCUT2D eigenvalue weighted by Crippen LogP contribution is -2.48. The van der Waals surface area contributed by atoms with E-state index in [1.165, 1.54) is 0 Å². The quantitative estimate of drug-likeness (QED) is 0.234. The first-order valence-electron chi connectivity index (χ1n) is 9.00. The van der Waals surface area contributed by atoms with Gasteiger partial charge in [-0.15, -0.1) is 0 Å². The first-order chi connectivity index (χ1) is 17.3. The SMILES string of the molecule is O=C(Nc1c(F)c(F)c(F)c(F)c1F)OCC(F)(F)C(F)(F)COC(=O)Nc1c(F)c(F)c(F)c(F)c1F. The summed E-state index contributed by atoms with van der Waals surface area (Å²) in [5.74, 6) is -37.2. The molecular weight excluding hydrogens is 574 g/mol. The van der Waals surface area contributed by atoms with Crippen molar-refractivity contribution in [3.8, 4) is 0 Å². The summed E-state index contributed by atoms with van der Waals surface area (Å²) in [5.41, 5.74) is -4.18. The maximum atomic E-state index is 13.8. The molecule has 210 valence electrons. The number of rotatable bonds is 7. The second-order valence-corrected chi connectivity index (χ2v) is 6.70. The van der Waals surface area contributed by atoms with Gasteiger partial charge in [-0.3, -0.25) is 10.6 Å². The van der Waals surface area contributed by atoms with Gasteiger partial charge in [0, 0.05) is 0 Å². The fourth-order valence-corrected chi connectivity index (χ4v) is 2.23. The van der Waals surface area contributed by atoms with Crippen molar-refractivity contribution in [2.75, 3.05) is 23.8 Å². The van der Waals surface area contributed by atoms with Crippen LogP contribution < -0.4 is 10.6 Å². The maximum absolute atomic E-state index is 13.8. The molecule has 0 aliphatic rings. The molecule has 0 heterocycles.